The molecule has 0 radical (unpaired) electrons. The number of sulfonamides is 1. The van der Waals surface area contributed by atoms with Gasteiger partial charge in [-0.3, -0.25) is 4.79 Å². The van der Waals surface area contributed by atoms with Crippen LogP contribution in [0.15, 0.2) is 23.1 Å². The average molecular weight is 319 g/mol. The normalized spacial score (nSPS) is 18.9. The number of hydrogen-bond acceptors (Lipinski definition) is 4. The van der Waals surface area contributed by atoms with Crippen molar-refractivity contribution in [3.8, 4) is 0 Å². The summed E-state index contributed by atoms with van der Waals surface area (Å²) in [6.45, 7) is 0.189. The molecule has 0 bridgehead atoms. The Hall–Kier alpha value is -1.64. The molecule has 0 spiro atoms. The molecule has 1 heterocycles. The highest BCUT2D eigenvalue weighted by atomic mass is 35.5. The van der Waals surface area contributed by atoms with Crippen molar-refractivity contribution in [2.45, 2.75) is 17.4 Å². The first kappa shape index (κ1) is 14.8. The third kappa shape index (κ3) is 3.09. The van der Waals surface area contributed by atoms with E-state index in [1.165, 1.54) is 12.1 Å². The van der Waals surface area contributed by atoms with Crippen LogP contribution in [0.2, 0.25) is 5.02 Å². The van der Waals surface area contributed by atoms with Crippen LogP contribution in [0.4, 0.5) is 0 Å². The van der Waals surface area contributed by atoms with E-state index in [0.717, 1.165) is 6.07 Å². The van der Waals surface area contributed by atoms with Crippen molar-refractivity contribution in [3.63, 3.8) is 0 Å². The molecule has 1 aliphatic rings. The Bertz CT molecular complexity index is 673. The van der Waals surface area contributed by atoms with Crippen LogP contribution in [0.1, 0.15) is 16.8 Å². The summed E-state index contributed by atoms with van der Waals surface area (Å²) in [5, 5.41) is 11.3. The zero-order chi connectivity index (χ0) is 14.9. The SMILES string of the molecule is O=C1CC(NS(=O)(=O)c2cc(C(=O)O)ccc2Cl)CN1. The highest BCUT2D eigenvalue weighted by molar-refractivity contribution is 7.89. The Labute approximate surface area is 120 Å². The zero-order valence-electron chi connectivity index (χ0n) is 10.1. The van der Waals surface area contributed by atoms with Gasteiger partial charge >= 0.3 is 5.97 Å². The summed E-state index contributed by atoms with van der Waals surface area (Å²) >= 11 is 5.80. The second-order valence-electron chi connectivity index (χ2n) is 4.28. The van der Waals surface area contributed by atoms with Gasteiger partial charge in [0.2, 0.25) is 15.9 Å². The van der Waals surface area contributed by atoms with E-state index in [1.807, 2.05) is 0 Å². The minimum Gasteiger partial charge on any atom is -0.478 e. The number of carboxylic acid groups (broad SMARTS) is 1. The van der Waals surface area contributed by atoms with Crippen molar-refractivity contribution in [1.82, 2.24) is 10.0 Å². The van der Waals surface area contributed by atoms with Crippen molar-refractivity contribution < 1.29 is 23.1 Å². The van der Waals surface area contributed by atoms with Crippen molar-refractivity contribution in [3.05, 3.63) is 28.8 Å². The number of halogens is 1. The lowest BCUT2D eigenvalue weighted by atomic mass is 10.2. The van der Waals surface area contributed by atoms with Crippen LogP contribution in [0.5, 0.6) is 0 Å². The Morgan fingerprint density at radius 1 is 1.45 bits per heavy atom. The number of nitrogens with one attached hydrogen (secondary N) is 2. The Balaban J connectivity index is 2.31. The first-order chi connectivity index (χ1) is 9.29. The second-order valence-corrected chi connectivity index (χ2v) is 6.37. The minimum absolute atomic E-state index is 0.0372. The number of carboxylic acids is 1. The Kier molecular flexibility index (Phi) is 3.98. The molecule has 1 aromatic rings. The van der Waals surface area contributed by atoms with Crippen LogP contribution < -0.4 is 10.0 Å². The molecule has 0 aromatic heterocycles. The van der Waals surface area contributed by atoms with E-state index in [0.29, 0.717) is 0 Å². The Morgan fingerprint density at radius 3 is 2.70 bits per heavy atom. The number of benzene rings is 1. The molecule has 1 unspecified atom stereocenters. The third-order valence-corrected chi connectivity index (χ3v) is 4.77. The van der Waals surface area contributed by atoms with Crippen LogP contribution in [0.3, 0.4) is 0 Å². The van der Waals surface area contributed by atoms with Crippen LogP contribution in [-0.2, 0) is 14.8 Å². The zero-order valence-corrected chi connectivity index (χ0v) is 11.7. The van der Waals surface area contributed by atoms with Crippen LogP contribution in [0.25, 0.3) is 0 Å². The fraction of sp³-hybridized carbons (Fsp3) is 0.273. The predicted octanol–water partition coefficient (Wildman–Crippen LogP) is 0.205. The van der Waals surface area contributed by atoms with Crippen molar-refractivity contribution in [2.75, 3.05) is 6.54 Å². The fourth-order valence-electron chi connectivity index (χ4n) is 1.81. The smallest absolute Gasteiger partial charge is 0.335 e. The van der Waals surface area contributed by atoms with E-state index in [9.17, 15) is 18.0 Å². The van der Waals surface area contributed by atoms with Gasteiger partial charge < -0.3 is 10.4 Å². The maximum Gasteiger partial charge on any atom is 0.335 e. The molecule has 9 heteroatoms. The van der Waals surface area contributed by atoms with Gasteiger partial charge in [-0.05, 0) is 18.2 Å². The number of hydrogen-bond donors (Lipinski definition) is 3. The van der Waals surface area contributed by atoms with Gasteiger partial charge in [-0.15, -0.1) is 0 Å². The van der Waals surface area contributed by atoms with Gasteiger partial charge in [0.25, 0.3) is 0 Å². The Morgan fingerprint density at radius 2 is 2.15 bits per heavy atom. The van der Waals surface area contributed by atoms with Gasteiger partial charge in [0, 0.05) is 19.0 Å². The lowest BCUT2D eigenvalue weighted by Gasteiger charge is -2.12. The summed E-state index contributed by atoms with van der Waals surface area (Å²) in [7, 11) is -3.99. The summed E-state index contributed by atoms with van der Waals surface area (Å²) in [6.07, 6.45) is 0.0372. The minimum atomic E-state index is -3.99. The maximum absolute atomic E-state index is 12.2. The van der Waals surface area contributed by atoms with E-state index in [-0.39, 0.29) is 34.4 Å². The number of carbonyl (C=O) groups is 2. The van der Waals surface area contributed by atoms with Gasteiger partial charge in [0.15, 0.2) is 0 Å². The quantitative estimate of drug-likeness (QED) is 0.734. The molecule has 1 atom stereocenters. The molecular formula is C11H11ClN2O5S. The second kappa shape index (κ2) is 5.39. The third-order valence-electron chi connectivity index (χ3n) is 2.77. The molecular weight excluding hydrogens is 308 g/mol. The molecule has 108 valence electrons. The molecule has 1 saturated heterocycles. The number of aromatic carboxylic acids is 1. The largest absolute Gasteiger partial charge is 0.478 e. The lowest BCUT2D eigenvalue weighted by molar-refractivity contribution is -0.119. The van der Waals surface area contributed by atoms with E-state index in [2.05, 4.69) is 10.0 Å². The lowest BCUT2D eigenvalue weighted by Crippen LogP contribution is -2.36. The van der Waals surface area contributed by atoms with E-state index in [4.69, 9.17) is 16.7 Å². The fourth-order valence-corrected chi connectivity index (χ4v) is 3.58. The highest BCUT2D eigenvalue weighted by Gasteiger charge is 2.28. The number of carbonyl (C=O) groups excluding carboxylic acids is 1. The van der Waals surface area contributed by atoms with Crippen molar-refractivity contribution >= 4 is 33.5 Å². The van der Waals surface area contributed by atoms with Gasteiger partial charge in [-0.2, -0.15) is 0 Å². The molecule has 1 aromatic carbocycles. The first-order valence-corrected chi connectivity index (χ1v) is 7.47. The van der Waals surface area contributed by atoms with Crippen LogP contribution >= 0.6 is 11.6 Å². The molecule has 0 aliphatic carbocycles. The highest BCUT2D eigenvalue weighted by Crippen LogP contribution is 2.23. The van der Waals surface area contributed by atoms with Gasteiger partial charge in [0.05, 0.1) is 10.6 Å². The molecule has 1 fully saturated rings. The standard InChI is InChI=1S/C11H11ClN2O5S/c12-8-2-1-6(11(16)17)3-9(8)20(18,19)14-7-4-10(15)13-5-7/h1-3,7,14H,4-5H2,(H,13,15)(H,16,17). The number of amides is 1. The average Bonchev–Trinajstić information content (AvgIpc) is 2.73. The monoisotopic (exact) mass is 318 g/mol. The predicted molar refractivity (Wildman–Crippen MR) is 70.1 cm³/mol. The molecule has 1 aliphatic heterocycles. The van der Waals surface area contributed by atoms with Gasteiger partial charge in [0.1, 0.15) is 4.90 Å². The van der Waals surface area contributed by atoms with Crippen molar-refractivity contribution in [2.24, 2.45) is 0 Å². The molecule has 1 amide bonds. The van der Waals surface area contributed by atoms with Crippen LogP contribution in [-0.4, -0.2) is 38.0 Å². The summed E-state index contributed by atoms with van der Waals surface area (Å²) in [6, 6.07) is 2.83. The molecule has 3 N–H and O–H groups in total. The summed E-state index contributed by atoms with van der Waals surface area (Å²) < 4.78 is 26.6. The summed E-state index contributed by atoms with van der Waals surface area (Å²) in [4.78, 5) is 21.6. The molecule has 0 saturated carbocycles. The van der Waals surface area contributed by atoms with E-state index in [1.54, 1.807) is 0 Å². The summed E-state index contributed by atoms with van der Waals surface area (Å²) in [5.41, 5.74) is -0.185. The van der Waals surface area contributed by atoms with Gasteiger partial charge in [-0.1, -0.05) is 11.6 Å². The topological polar surface area (TPSA) is 113 Å². The molecule has 20 heavy (non-hydrogen) atoms. The van der Waals surface area contributed by atoms with Crippen molar-refractivity contribution in [1.29, 1.82) is 0 Å². The first-order valence-electron chi connectivity index (χ1n) is 5.61. The number of rotatable bonds is 4. The van der Waals surface area contributed by atoms with Crippen LogP contribution in [0, 0.1) is 0 Å². The molecule has 2 rings (SSSR count). The maximum atomic E-state index is 12.2. The van der Waals surface area contributed by atoms with E-state index < -0.39 is 22.0 Å². The molecule has 7 nitrogen and oxygen atoms in total. The summed E-state index contributed by atoms with van der Waals surface area (Å²) in [5.74, 6) is -1.50. The van der Waals surface area contributed by atoms with E-state index >= 15 is 0 Å². The van der Waals surface area contributed by atoms with Gasteiger partial charge in [-0.25, -0.2) is 17.9 Å².